The SMILES string of the molecule is Cc1cc2c(cc1C#Cc1ccc(CC(=O)[O-])s1)C(C)(C)CC(C)(C)O2. The number of hydrogen-bond acceptors (Lipinski definition) is 4. The standard InChI is InChI=1S/C22H24O3S/c1-14-10-19-18(21(2,3)13-22(4,5)25-19)11-15(14)6-7-16-8-9-17(26-16)12-20(23)24/h8-11H,12-13H2,1-5H3,(H,23,24)/p-1. The van der Waals surface area contributed by atoms with Gasteiger partial charge in [-0.2, -0.15) is 0 Å². The number of benzene rings is 1. The summed E-state index contributed by atoms with van der Waals surface area (Å²) in [6.07, 6.45) is 0.881. The Bertz CT molecular complexity index is 923. The fourth-order valence-electron chi connectivity index (χ4n) is 3.73. The molecule has 1 aliphatic heterocycles. The minimum absolute atomic E-state index is 0.0196. The topological polar surface area (TPSA) is 49.4 Å². The van der Waals surface area contributed by atoms with Crippen LogP contribution in [0.15, 0.2) is 24.3 Å². The molecule has 0 aliphatic carbocycles. The highest BCUT2D eigenvalue weighted by Gasteiger charge is 2.39. The summed E-state index contributed by atoms with van der Waals surface area (Å²) in [6, 6.07) is 7.88. The lowest BCUT2D eigenvalue weighted by Crippen LogP contribution is -2.41. The van der Waals surface area contributed by atoms with Gasteiger partial charge in [-0.3, -0.25) is 0 Å². The zero-order chi connectivity index (χ0) is 19.1. The van der Waals surface area contributed by atoms with Crippen LogP contribution >= 0.6 is 11.3 Å². The molecule has 0 amide bonds. The molecule has 2 aromatic rings. The van der Waals surface area contributed by atoms with Crippen molar-refractivity contribution in [3.05, 3.63) is 50.7 Å². The Balaban J connectivity index is 1.94. The van der Waals surface area contributed by atoms with Crippen molar-refractivity contribution in [1.29, 1.82) is 0 Å². The summed E-state index contributed by atoms with van der Waals surface area (Å²) in [4.78, 5) is 12.3. The van der Waals surface area contributed by atoms with Crippen LogP contribution in [0.1, 0.15) is 60.6 Å². The van der Waals surface area contributed by atoms with Crippen LogP contribution in [0.5, 0.6) is 5.75 Å². The Morgan fingerprint density at radius 2 is 1.96 bits per heavy atom. The zero-order valence-electron chi connectivity index (χ0n) is 15.9. The second kappa shape index (κ2) is 6.48. The van der Waals surface area contributed by atoms with E-state index < -0.39 is 5.97 Å². The van der Waals surface area contributed by atoms with Gasteiger partial charge in [-0.1, -0.05) is 25.7 Å². The van der Waals surface area contributed by atoms with Gasteiger partial charge in [0.1, 0.15) is 11.4 Å². The number of carbonyl (C=O) groups excluding carboxylic acids is 1. The lowest BCUT2D eigenvalue weighted by atomic mass is 9.73. The molecule has 3 nitrogen and oxygen atoms in total. The third-order valence-corrected chi connectivity index (χ3v) is 5.61. The summed E-state index contributed by atoms with van der Waals surface area (Å²) < 4.78 is 6.19. The smallest absolute Gasteiger partial charge is 0.124 e. The second-order valence-corrected chi connectivity index (χ2v) is 9.32. The number of carboxylic acid groups (broad SMARTS) is 1. The van der Waals surface area contributed by atoms with E-state index in [2.05, 4.69) is 51.7 Å². The molecule has 0 saturated heterocycles. The van der Waals surface area contributed by atoms with Crippen molar-refractivity contribution >= 4 is 17.3 Å². The molecule has 0 N–H and O–H groups in total. The number of fused-ring (bicyclic) bond motifs is 1. The van der Waals surface area contributed by atoms with Gasteiger partial charge < -0.3 is 14.6 Å². The van der Waals surface area contributed by atoms with Gasteiger partial charge in [0.25, 0.3) is 0 Å². The Morgan fingerprint density at radius 3 is 2.65 bits per heavy atom. The average molecular weight is 367 g/mol. The quantitative estimate of drug-likeness (QED) is 0.762. The summed E-state index contributed by atoms with van der Waals surface area (Å²) in [5, 5.41) is 10.7. The first kappa shape index (κ1) is 18.5. The molecule has 1 aliphatic rings. The summed E-state index contributed by atoms with van der Waals surface area (Å²) in [6.45, 7) is 10.8. The van der Waals surface area contributed by atoms with Crippen molar-refractivity contribution in [2.75, 3.05) is 0 Å². The maximum absolute atomic E-state index is 10.7. The predicted molar refractivity (Wildman–Crippen MR) is 103 cm³/mol. The number of rotatable bonds is 2. The highest BCUT2D eigenvalue weighted by atomic mass is 32.1. The average Bonchev–Trinajstić information content (AvgIpc) is 2.90. The minimum Gasteiger partial charge on any atom is -0.550 e. The van der Waals surface area contributed by atoms with Crippen LogP contribution in [0.2, 0.25) is 0 Å². The largest absolute Gasteiger partial charge is 0.550 e. The zero-order valence-corrected chi connectivity index (χ0v) is 16.7. The highest BCUT2D eigenvalue weighted by Crippen LogP contribution is 2.45. The maximum Gasteiger partial charge on any atom is 0.124 e. The van der Waals surface area contributed by atoms with Gasteiger partial charge in [0.05, 0.1) is 4.88 Å². The Morgan fingerprint density at radius 1 is 1.23 bits per heavy atom. The van der Waals surface area contributed by atoms with Crippen LogP contribution in [0.4, 0.5) is 0 Å². The van der Waals surface area contributed by atoms with Crippen LogP contribution in [0.25, 0.3) is 0 Å². The molecule has 2 heterocycles. The fraction of sp³-hybridized carbons (Fsp3) is 0.409. The second-order valence-electron chi connectivity index (χ2n) is 8.15. The van der Waals surface area contributed by atoms with Crippen LogP contribution in [-0.4, -0.2) is 11.6 Å². The monoisotopic (exact) mass is 367 g/mol. The fourth-order valence-corrected chi connectivity index (χ4v) is 4.58. The molecule has 0 spiro atoms. The van der Waals surface area contributed by atoms with E-state index in [9.17, 15) is 9.90 Å². The van der Waals surface area contributed by atoms with Crippen molar-refractivity contribution in [1.82, 2.24) is 0 Å². The summed E-state index contributed by atoms with van der Waals surface area (Å²) >= 11 is 1.40. The Labute approximate surface area is 159 Å². The molecular weight excluding hydrogens is 344 g/mol. The van der Waals surface area contributed by atoms with Gasteiger partial charge in [0.15, 0.2) is 0 Å². The first-order chi connectivity index (χ1) is 12.1. The third-order valence-electron chi connectivity index (χ3n) is 4.61. The van der Waals surface area contributed by atoms with Crippen LogP contribution < -0.4 is 9.84 Å². The third kappa shape index (κ3) is 3.94. The number of thiophene rings is 1. The van der Waals surface area contributed by atoms with Crippen LogP contribution in [0, 0.1) is 18.8 Å². The normalized spacial score (nSPS) is 16.8. The van der Waals surface area contributed by atoms with Crippen molar-refractivity contribution in [2.45, 2.75) is 58.5 Å². The van der Waals surface area contributed by atoms with E-state index in [1.165, 1.54) is 16.9 Å². The molecule has 0 atom stereocenters. The van der Waals surface area contributed by atoms with Gasteiger partial charge in [-0.05, 0) is 62.4 Å². The molecule has 0 bridgehead atoms. The van der Waals surface area contributed by atoms with E-state index in [1.807, 2.05) is 13.0 Å². The predicted octanol–water partition coefficient (Wildman–Crippen LogP) is 3.59. The Hall–Kier alpha value is -2.25. The van der Waals surface area contributed by atoms with Gasteiger partial charge in [-0.25, -0.2) is 0 Å². The van der Waals surface area contributed by atoms with Crippen LogP contribution in [0.3, 0.4) is 0 Å². The number of carboxylic acids is 1. The molecule has 1 aromatic heterocycles. The Kier molecular flexibility index (Phi) is 4.62. The first-order valence-electron chi connectivity index (χ1n) is 8.70. The number of aliphatic carboxylic acids is 1. The summed E-state index contributed by atoms with van der Waals surface area (Å²) in [7, 11) is 0. The molecular formula is C22H23O3S-. The lowest BCUT2D eigenvalue weighted by molar-refractivity contribution is -0.304. The molecule has 0 radical (unpaired) electrons. The molecule has 0 unspecified atom stereocenters. The van der Waals surface area contributed by atoms with E-state index in [0.717, 1.165) is 33.1 Å². The van der Waals surface area contributed by atoms with Gasteiger partial charge in [-0.15, -0.1) is 11.3 Å². The van der Waals surface area contributed by atoms with Crippen molar-refractivity contribution in [2.24, 2.45) is 0 Å². The van der Waals surface area contributed by atoms with Crippen molar-refractivity contribution in [3.8, 4) is 17.6 Å². The summed E-state index contributed by atoms with van der Waals surface area (Å²) in [5.41, 5.74) is 3.09. The number of carbonyl (C=O) groups is 1. The van der Waals surface area contributed by atoms with E-state index in [1.54, 1.807) is 6.07 Å². The highest BCUT2D eigenvalue weighted by molar-refractivity contribution is 7.12. The van der Waals surface area contributed by atoms with E-state index >= 15 is 0 Å². The van der Waals surface area contributed by atoms with E-state index in [-0.39, 0.29) is 17.4 Å². The number of hydrogen-bond donors (Lipinski definition) is 0. The molecule has 0 fully saturated rings. The van der Waals surface area contributed by atoms with Gasteiger partial charge in [0.2, 0.25) is 0 Å². The van der Waals surface area contributed by atoms with Crippen LogP contribution in [-0.2, 0) is 16.6 Å². The molecule has 0 saturated carbocycles. The van der Waals surface area contributed by atoms with Crippen molar-refractivity contribution < 1.29 is 14.6 Å². The van der Waals surface area contributed by atoms with Crippen molar-refractivity contribution in [3.63, 3.8) is 0 Å². The maximum atomic E-state index is 10.7. The minimum atomic E-state index is -1.07. The molecule has 136 valence electrons. The summed E-state index contributed by atoms with van der Waals surface area (Å²) in [5.74, 6) is 6.28. The first-order valence-corrected chi connectivity index (χ1v) is 9.52. The molecule has 1 aromatic carbocycles. The lowest BCUT2D eigenvalue weighted by Gasteiger charge is -2.42. The molecule has 3 rings (SSSR count). The van der Waals surface area contributed by atoms with Gasteiger partial charge in [0, 0.05) is 28.4 Å². The molecule has 4 heteroatoms. The number of aryl methyl sites for hydroxylation is 1. The van der Waals surface area contributed by atoms with Gasteiger partial charge >= 0.3 is 0 Å². The number of ether oxygens (including phenoxy) is 1. The van der Waals surface area contributed by atoms with E-state index in [4.69, 9.17) is 4.74 Å². The molecule has 26 heavy (non-hydrogen) atoms. The van der Waals surface area contributed by atoms with E-state index in [0.29, 0.717) is 0 Å².